The highest BCUT2D eigenvalue weighted by Gasteiger charge is 2.28. The monoisotopic (exact) mass is 391 g/mol. The van der Waals surface area contributed by atoms with Gasteiger partial charge in [0.05, 0.1) is 11.3 Å². The van der Waals surface area contributed by atoms with Crippen LogP contribution in [0.1, 0.15) is 34.3 Å². The van der Waals surface area contributed by atoms with Crippen LogP contribution in [0.2, 0.25) is 0 Å². The molecule has 0 spiro atoms. The summed E-state index contributed by atoms with van der Waals surface area (Å²) in [5, 5.41) is 2.82. The summed E-state index contributed by atoms with van der Waals surface area (Å²) in [7, 11) is 0. The predicted octanol–water partition coefficient (Wildman–Crippen LogP) is 2.98. The number of anilines is 1. The van der Waals surface area contributed by atoms with Crippen molar-refractivity contribution in [3.8, 4) is 0 Å². The van der Waals surface area contributed by atoms with Crippen LogP contribution in [0.25, 0.3) is 6.08 Å². The molecule has 3 rings (SSSR count). The SMILES string of the molecule is Cc1cccc(NC(=O)/C=C/c2ccccc2)c1C(=O)N1CCC(C(N)=O)CC1. The molecular formula is C23H25N3O3. The summed E-state index contributed by atoms with van der Waals surface area (Å²) >= 11 is 0. The van der Waals surface area contributed by atoms with Crippen LogP contribution in [0.4, 0.5) is 5.69 Å². The molecule has 6 heteroatoms. The Labute approximate surface area is 170 Å². The maximum absolute atomic E-state index is 13.1. The molecule has 0 saturated carbocycles. The number of carbonyl (C=O) groups is 3. The summed E-state index contributed by atoms with van der Waals surface area (Å²) in [5.41, 5.74) is 8.04. The largest absolute Gasteiger partial charge is 0.369 e. The van der Waals surface area contributed by atoms with Crippen molar-refractivity contribution >= 4 is 29.5 Å². The first-order valence-corrected chi connectivity index (χ1v) is 9.68. The zero-order valence-corrected chi connectivity index (χ0v) is 16.4. The van der Waals surface area contributed by atoms with E-state index < -0.39 is 0 Å². The Hall–Kier alpha value is -3.41. The van der Waals surface area contributed by atoms with Gasteiger partial charge in [-0.05, 0) is 43.0 Å². The van der Waals surface area contributed by atoms with Gasteiger partial charge in [0.1, 0.15) is 0 Å². The lowest BCUT2D eigenvalue weighted by atomic mass is 9.95. The first kappa shape index (κ1) is 20.3. The fourth-order valence-electron chi connectivity index (χ4n) is 3.49. The molecule has 0 aliphatic carbocycles. The van der Waals surface area contributed by atoms with Crippen LogP contribution in [0, 0.1) is 12.8 Å². The van der Waals surface area contributed by atoms with Crippen molar-refractivity contribution in [1.82, 2.24) is 4.90 Å². The number of likely N-dealkylation sites (tertiary alicyclic amines) is 1. The van der Waals surface area contributed by atoms with E-state index in [1.807, 2.05) is 49.4 Å². The van der Waals surface area contributed by atoms with Crippen LogP contribution in [-0.2, 0) is 9.59 Å². The van der Waals surface area contributed by atoms with E-state index in [0.717, 1.165) is 11.1 Å². The molecule has 1 aliphatic heterocycles. The molecule has 0 bridgehead atoms. The molecule has 1 aliphatic rings. The molecule has 3 N–H and O–H groups in total. The minimum Gasteiger partial charge on any atom is -0.369 e. The lowest BCUT2D eigenvalue weighted by Gasteiger charge is -2.31. The Morgan fingerprint density at radius 3 is 2.38 bits per heavy atom. The number of rotatable bonds is 5. The normalized spacial score (nSPS) is 14.7. The van der Waals surface area contributed by atoms with Crippen LogP contribution < -0.4 is 11.1 Å². The van der Waals surface area contributed by atoms with E-state index in [1.165, 1.54) is 6.08 Å². The number of primary amides is 1. The lowest BCUT2D eigenvalue weighted by Crippen LogP contribution is -2.42. The van der Waals surface area contributed by atoms with Gasteiger partial charge in [-0.3, -0.25) is 14.4 Å². The van der Waals surface area contributed by atoms with Crippen LogP contribution in [0.3, 0.4) is 0 Å². The second-order valence-electron chi connectivity index (χ2n) is 7.20. The molecule has 0 atom stereocenters. The van der Waals surface area contributed by atoms with Crippen LogP contribution in [0.5, 0.6) is 0 Å². The molecule has 3 amide bonds. The minimum atomic E-state index is -0.314. The molecular weight excluding hydrogens is 366 g/mol. The quantitative estimate of drug-likeness (QED) is 0.768. The van der Waals surface area contributed by atoms with Gasteiger partial charge in [0.25, 0.3) is 5.91 Å². The standard InChI is InChI=1S/C23H25N3O3/c1-16-6-5-9-19(25-20(27)11-10-17-7-3-2-4-8-17)21(16)23(29)26-14-12-18(13-15-26)22(24)28/h2-11,18H,12-15H2,1H3,(H2,24,28)(H,25,27)/b11-10+. The van der Waals surface area contributed by atoms with Gasteiger partial charge in [-0.1, -0.05) is 42.5 Å². The Balaban J connectivity index is 1.73. The van der Waals surface area contributed by atoms with Crippen molar-refractivity contribution in [2.75, 3.05) is 18.4 Å². The minimum absolute atomic E-state index is 0.145. The van der Waals surface area contributed by atoms with E-state index >= 15 is 0 Å². The van der Waals surface area contributed by atoms with Crippen molar-refractivity contribution in [3.63, 3.8) is 0 Å². The second kappa shape index (κ2) is 9.19. The zero-order chi connectivity index (χ0) is 20.8. The molecule has 0 unspecified atom stereocenters. The third kappa shape index (κ3) is 5.10. The molecule has 2 aromatic rings. The number of hydrogen-bond acceptors (Lipinski definition) is 3. The number of nitrogens with zero attached hydrogens (tertiary/aromatic N) is 1. The van der Waals surface area contributed by atoms with E-state index in [1.54, 1.807) is 17.0 Å². The summed E-state index contributed by atoms with van der Waals surface area (Å²) in [4.78, 5) is 38.6. The lowest BCUT2D eigenvalue weighted by molar-refractivity contribution is -0.123. The summed E-state index contributed by atoms with van der Waals surface area (Å²) in [5.74, 6) is -0.946. The molecule has 1 saturated heterocycles. The molecule has 29 heavy (non-hydrogen) atoms. The van der Waals surface area contributed by atoms with Gasteiger partial charge in [-0.15, -0.1) is 0 Å². The van der Waals surface area contributed by atoms with Crippen molar-refractivity contribution in [2.45, 2.75) is 19.8 Å². The second-order valence-corrected chi connectivity index (χ2v) is 7.20. The van der Waals surface area contributed by atoms with E-state index in [2.05, 4.69) is 5.32 Å². The van der Waals surface area contributed by atoms with Gasteiger partial charge in [0, 0.05) is 25.1 Å². The molecule has 0 radical (unpaired) electrons. The van der Waals surface area contributed by atoms with Crippen molar-refractivity contribution in [3.05, 3.63) is 71.3 Å². The Bertz CT molecular complexity index is 930. The molecule has 1 fully saturated rings. The van der Waals surface area contributed by atoms with Gasteiger partial charge in [-0.25, -0.2) is 0 Å². The topological polar surface area (TPSA) is 92.5 Å². The molecule has 150 valence electrons. The van der Waals surface area contributed by atoms with Crippen LogP contribution >= 0.6 is 0 Å². The first-order chi connectivity index (χ1) is 14.0. The number of nitrogens with one attached hydrogen (secondary N) is 1. The van der Waals surface area contributed by atoms with Gasteiger partial charge in [0.15, 0.2) is 0 Å². The Kier molecular flexibility index (Phi) is 6.44. The van der Waals surface area contributed by atoms with Gasteiger partial charge < -0.3 is 16.0 Å². The van der Waals surface area contributed by atoms with E-state index in [-0.39, 0.29) is 23.6 Å². The fourth-order valence-corrected chi connectivity index (χ4v) is 3.49. The average Bonchev–Trinajstić information content (AvgIpc) is 2.73. The number of piperidine rings is 1. The number of benzene rings is 2. The molecule has 6 nitrogen and oxygen atoms in total. The Morgan fingerprint density at radius 2 is 1.72 bits per heavy atom. The van der Waals surface area contributed by atoms with Gasteiger partial charge in [-0.2, -0.15) is 0 Å². The summed E-state index contributed by atoms with van der Waals surface area (Å²) in [6, 6.07) is 14.9. The van der Waals surface area contributed by atoms with Crippen molar-refractivity contribution in [1.29, 1.82) is 0 Å². The fraction of sp³-hybridized carbons (Fsp3) is 0.261. The maximum Gasteiger partial charge on any atom is 0.256 e. The average molecular weight is 391 g/mol. The number of nitrogens with two attached hydrogens (primary N) is 1. The number of hydrogen-bond donors (Lipinski definition) is 2. The Morgan fingerprint density at radius 1 is 1.03 bits per heavy atom. The van der Waals surface area contributed by atoms with Crippen LogP contribution in [0.15, 0.2) is 54.6 Å². The highest BCUT2D eigenvalue weighted by molar-refractivity contribution is 6.08. The molecule has 0 aromatic heterocycles. The first-order valence-electron chi connectivity index (χ1n) is 9.68. The third-order valence-corrected chi connectivity index (χ3v) is 5.16. The maximum atomic E-state index is 13.1. The number of carbonyl (C=O) groups excluding carboxylic acids is 3. The predicted molar refractivity (Wildman–Crippen MR) is 113 cm³/mol. The number of aryl methyl sites for hydroxylation is 1. The smallest absolute Gasteiger partial charge is 0.256 e. The molecule has 2 aromatic carbocycles. The highest BCUT2D eigenvalue weighted by atomic mass is 16.2. The van der Waals surface area contributed by atoms with Crippen molar-refractivity contribution < 1.29 is 14.4 Å². The third-order valence-electron chi connectivity index (χ3n) is 5.16. The summed E-state index contributed by atoms with van der Waals surface area (Å²) in [6.45, 7) is 2.79. The van der Waals surface area contributed by atoms with E-state index in [4.69, 9.17) is 5.73 Å². The van der Waals surface area contributed by atoms with Gasteiger partial charge in [0.2, 0.25) is 11.8 Å². The zero-order valence-electron chi connectivity index (χ0n) is 16.4. The summed E-state index contributed by atoms with van der Waals surface area (Å²) in [6.07, 6.45) is 4.30. The summed E-state index contributed by atoms with van der Waals surface area (Å²) < 4.78 is 0. The number of amides is 3. The highest BCUT2D eigenvalue weighted by Crippen LogP contribution is 2.25. The van der Waals surface area contributed by atoms with E-state index in [9.17, 15) is 14.4 Å². The van der Waals surface area contributed by atoms with Crippen LogP contribution in [-0.4, -0.2) is 35.7 Å². The molecule has 1 heterocycles. The van der Waals surface area contributed by atoms with E-state index in [0.29, 0.717) is 37.2 Å². The van der Waals surface area contributed by atoms with Crippen molar-refractivity contribution in [2.24, 2.45) is 11.7 Å². The van der Waals surface area contributed by atoms with Gasteiger partial charge >= 0.3 is 0 Å².